The van der Waals surface area contributed by atoms with Gasteiger partial charge in [0.15, 0.2) is 0 Å². The summed E-state index contributed by atoms with van der Waals surface area (Å²) in [6.07, 6.45) is -3.14. The van der Waals surface area contributed by atoms with Crippen molar-refractivity contribution in [3.63, 3.8) is 0 Å². The van der Waals surface area contributed by atoms with Gasteiger partial charge in [0.05, 0.1) is 50.5 Å². The van der Waals surface area contributed by atoms with Gasteiger partial charge < -0.3 is 0 Å². The standard InChI is InChI=1S/C23H15BrF3N5O2/c1-13-19(20-18(24)12-29-32(20)16-8-6-14(11-28)7-9-16)21(33)30(2)22(34)31(13)17-5-3-4-15(10-17)23(25,26)27/h3-10,12H,1-2H3. The van der Waals surface area contributed by atoms with Crippen LogP contribution in [0.3, 0.4) is 0 Å². The van der Waals surface area contributed by atoms with Crippen molar-refractivity contribution >= 4 is 15.9 Å². The molecule has 0 atom stereocenters. The number of nitriles is 1. The Labute approximate surface area is 199 Å². The second kappa shape index (κ2) is 8.46. The Balaban J connectivity index is 2.02. The number of nitrogens with zero attached hydrogens (tertiary/aromatic N) is 5. The first-order valence-electron chi connectivity index (χ1n) is 9.79. The van der Waals surface area contributed by atoms with E-state index in [0.29, 0.717) is 21.4 Å². The molecule has 11 heteroatoms. The van der Waals surface area contributed by atoms with Gasteiger partial charge >= 0.3 is 11.9 Å². The van der Waals surface area contributed by atoms with E-state index >= 15 is 0 Å². The van der Waals surface area contributed by atoms with Crippen LogP contribution in [-0.4, -0.2) is 18.9 Å². The van der Waals surface area contributed by atoms with E-state index in [1.807, 2.05) is 6.07 Å². The van der Waals surface area contributed by atoms with Crippen molar-refractivity contribution in [2.45, 2.75) is 13.1 Å². The largest absolute Gasteiger partial charge is 0.416 e. The predicted molar refractivity (Wildman–Crippen MR) is 122 cm³/mol. The van der Waals surface area contributed by atoms with Gasteiger partial charge in [0.25, 0.3) is 5.56 Å². The summed E-state index contributed by atoms with van der Waals surface area (Å²) < 4.78 is 43.7. The number of hydrogen-bond acceptors (Lipinski definition) is 4. The van der Waals surface area contributed by atoms with Crippen molar-refractivity contribution in [2.75, 3.05) is 0 Å². The van der Waals surface area contributed by atoms with Gasteiger partial charge in [-0.2, -0.15) is 23.5 Å². The SMILES string of the molecule is Cc1c(-c2c(Br)cnn2-c2ccc(C#N)cc2)c(=O)n(C)c(=O)n1-c1cccc(C(F)(F)F)c1. The number of rotatable bonds is 3. The average molecular weight is 530 g/mol. The summed E-state index contributed by atoms with van der Waals surface area (Å²) in [7, 11) is 1.26. The highest BCUT2D eigenvalue weighted by atomic mass is 79.9. The van der Waals surface area contributed by atoms with Crippen LogP contribution in [-0.2, 0) is 13.2 Å². The van der Waals surface area contributed by atoms with Crippen molar-refractivity contribution in [3.8, 4) is 28.7 Å². The van der Waals surface area contributed by atoms with Crippen molar-refractivity contribution in [2.24, 2.45) is 7.05 Å². The van der Waals surface area contributed by atoms with E-state index in [0.717, 1.165) is 21.3 Å². The minimum absolute atomic E-state index is 0.0327. The maximum Gasteiger partial charge on any atom is 0.416 e. The summed E-state index contributed by atoms with van der Waals surface area (Å²) in [5, 5.41) is 13.4. The van der Waals surface area contributed by atoms with E-state index in [1.54, 1.807) is 24.3 Å². The van der Waals surface area contributed by atoms with Crippen LogP contribution in [0, 0.1) is 18.3 Å². The van der Waals surface area contributed by atoms with Crippen LogP contribution in [0.15, 0.2) is 68.8 Å². The zero-order chi connectivity index (χ0) is 24.8. The first-order chi connectivity index (χ1) is 16.0. The topological polar surface area (TPSA) is 85.6 Å². The Hall–Kier alpha value is -3.91. The van der Waals surface area contributed by atoms with Crippen LogP contribution in [0.4, 0.5) is 13.2 Å². The Bertz CT molecular complexity index is 1570. The summed E-state index contributed by atoms with van der Waals surface area (Å²) in [4.78, 5) is 26.2. The summed E-state index contributed by atoms with van der Waals surface area (Å²) in [6, 6.07) is 12.8. The van der Waals surface area contributed by atoms with Crippen LogP contribution in [0.5, 0.6) is 0 Å². The average Bonchev–Trinajstić information content (AvgIpc) is 3.18. The van der Waals surface area contributed by atoms with Gasteiger partial charge in [0.1, 0.15) is 0 Å². The van der Waals surface area contributed by atoms with Crippen LogP contribution in [0.25, 0.3) is 22.6 Å². The van der Waals surface area contributed by atoms with E-state index in [4.69, 9.17) is 5.26 Å². The fourth-order valence-electron chi connectivity index (χ4n) is 3.64. The Morgan fingerprint density at radius 1 is 1.06 bits per heavy atom. The molecule has 0 radical (unpaired) electrons. The molecule has 2 heterocycles. The van der Waals surface area contributed by atoms with Crippen molar-refractivity contribution in [1.82, 2.24) is 18.9 Å². The third kappa shape index (κ3) is 3.86. The molecule has 7 nitrogen and oxygen atoms in total. The summed E-state index contributed by atoms with van der Waals surface area (Å²) in [5.74, 6) is 0. The lowest BCUT2D eigenvalue weighted by atomic mass is 10.1. The lowest BCUT2D eigenvalue weighted by Gasteiger charge is -2.18. The molecule has 0 bridgehead atoms. The molecule has 0 N–H and O–H groups in total. The molecule has 0 unspecified atom stereocenters. The van der Waals surface area contributed by atoms with Gasteiger partial charge in [-0.1, -0.05) is 6.07 Å². The molecule has 0 aliphatic rings. The molecule has 4 rings (SSSR count). The number of halogens is 4. The summed E-state index contributed by atoms with van der Waals surface area (Å²) >= 11 is 3.39. The van der Waals surface area contributed by atoms with Gasteiger partial charge in [-0.25, -0.2) is 9.48 Å². The van der Waals surface area contributed by atoms with Gasteiger partial charge in [-0.3, -0.25) is 13.9 Å². The maximum atomic E-state index is 13.3. The van der Waals surface area contributed by atoms with E-state index in [2.05, 4.69) is 21.0 Å². The second-order valence-corrected chi connectivity index (χ2v) is 8.26. The lowest BCUT2D eigenvalue weighted by molar-refractivity contribution is -0.137. The lowest BCUT2D eigenvalue weighted by Crippen LogP contribution is -2.40. The number of benzene rings is 2. The Kier molecular flexibility index (Phi) is 5.79. The van der Waals surface area contributed by atoms with Crippen LogP contribution < -0.4 is 11.2 Å². The van der Waals surface area contributed by atoms with Gasteiger partial charge in [-0.05, 0) is 65.3 Å². The molecule has 0 saturated carbocycles. The molecule has 0 aliphatic heterocycles. The fourth-order valence-corrected chi connectivity index (χ4v) is 4.10. The van der Waals surface area contributed by atoms with E-state index in [9.17, 15) is 22.8 Å². The maximum absolute atomic E-state index is 13.3. The highest BCUT2D eigenvalue weighted by molar-refractivity contribution is 9.10. The first-order valence-corrected chi connectivity index (χ1v) is 10.6. The van der Waals surface area contributed by atoms with Crippen molar-refractivity contribution in [1.29, 1.82) is 5.26 Å². The van der Waals surface area contributed by atoms with Gasteiger partial charge in [-0.15, -0.1) is 0 Å². The van der Waals surface area contributed by atoms with E-state index < -0.39 is 23.0 Å². The van der Waals surface area contributed by atoms with Crippen LogP contribution >= 0.6 is 15.9 Å². The molecule has 172 valence electrons. The van der Waals surface area contributed by atoms with E-state index in [-0.39, 0.29) is 16.9 Å². The van der Waals surface area contributed by atoms with E-state index in [1.165, 1.54) is 37.0 Å². The van der Waals surface area contributed by atoms with Crippen molar-refractivity contribution < 1.29 is 13.2 Å². The molecule has 2 aromatic carbocycles. The van der Waals surface area contributed by atoms with Crippen LogP contribution in [0.1, 0.15) is 16.8 Å². The first kappa shape index (κ1) is 23.3. The Morgan fingerprint density at radius 3 is 2.35 bits per heavy atom. The van der Waals surface area contributed by atoms with Gasteiger partial charge in [0, 0.05) is 12.7 Å². The number of aromatic nitrogens is 4. The zero-order valence-electron chi connectivity index (χ0n) is 17.8. The minimum atomic E-state index is -4.60. The molecular weight excluding hydrogens is 515 g/mol. The molecule has 4 aromatic rings. The quantitative estimate of drug-likeness (QED) is 0.394. The third-order valence-electron chi connectivity index (χ3n) is 5.33. The second-order valence-electron chi connectivity index (χ2n) is 7.40. The minimum Gasteiger partial charge on any atom is -0.268 e. The number of alkyl halides is 3. The Morgan fingerprint density at radius 2 is 1.74 bits per heavy atom. The molecule has 34 heavy (non-hydrogen) atoms. The molecular formula is C23H15BrF3N5O2. The van der Waals surface area contributed by atoms with Crippen molar-refractivity contribution in [3.05, 3.63) is 96.9 Å². The molecule has 0 fully saturated rings. The molecule has 0 aliphatic carbocycles. The molecule has 0 saturated heterocycles. The molecule has 0 amide bonds. The monoisotopic (exact) mass is 529 g/mol. The summed E-state index contributed by atoms with van der Waals surface area (Å²) in [5.41, 5.74) is -0.877. The van der Waals surface area contributed by atoms with Gasteiger partial charge in [0.2, 0.25) is 0 Å². The highest BCUT2D eigenvalue weighted by Crippen LogP contribution is 2.33. The predicted octanol–water partition coefficient (Wildman–Crippen LogP) is 4.35. The number of hydrogen-bond donors (Lipinski definition) is 0. The molecule has 2 aromatic heterocycles. The highest BCUT2D eigenvalue weighted by Gasteiger charge is 2.31. The summed E-state index contributed by atoms with van der Waals surface area (Å²) in [6.45, 7) is 1.49. The zero-order valence-corrected chi connectivity index (χ0v) is 19.3. The fraction of sp³-hybridized carbons (Fsp3) is 0.130. The molecule has 0 spiro atoms. The smallest absolute Gasteiger partial charge is 0.268 e. The third-order valence-corrected chi connectivity index (χ3v) is 5.91. The normalized spacial score (nSPS) is 11.4. The van der Waals surface area contributed by atoms with Crippen LogP contribution in [0.2, 0.25) is 0 Å².